The van der Waals surface area contributed by atoms with Gasteiger partial charge in [-0.15, -0.1) is 11.3 Å². The molecular formula is C23H35IN6O4S2. The van der Waals surface area contributed by atoms with Gasteiger partial charge >= 0.3 is 12.1 Å². The molecule has 2 aliphatic rings. The van der Waals surface area contributed by atoms with E-state index in [9.17, 15) is 14.4 Å². The zero-order valence-electron chi connectivity index (χ0n) is 21.3. The summed E-state index contributed by atoms with van der Waals surface area (Å²) in [4.78, 5) is 47.0. The van der Waals surface area contributed by atoms with Crippen molar-refractivity contribution >= 4 is 57.9 Å². The van der Waals surface area contributed by atoms with Crippen molar-refractivity contribution in [2.75, 3.05) is 26.7 Å². The number of nitrogens with one attached hydrogen (secondary N) is 2. The predicted molar refractivity (Wildman–Crippen MR) is 151 cm³/mol. The highest BCUT2D eigenvalue weighted by molar-refractivity contribution is 14.2. The van der Waals surface area contributed by atoms with Gasteiger partial charge in [0.2, 0.25) is 5.91 Å². The first-order valence-electron chi connectivity index (χ1n) is 12.0. The Morgan fingerprint density at radius 3 is 2.56 bits per heavy atom. The standard InChI is InChI=1S/C23H35IN6O4S2/c1-14(2)19(28-22(32)29(5)11-17-13-35-21(27-17)15(3)4)20(31)26-16-6-8-30(9-7-16)23(33)34-12-18-10-25-24-36-18/h10,13-16,19H,6-9,11-12H2,1-5H3,(H,26,31)(H,28,32). The van der Waals surface area contributed by atoms with Crippen LogP contribution < -0.4 is 10.6 Å². The van der Waals surface area contributed by atoms with Crippen LogP contribution in [0.15, 0.2) is 19.6 Å². The monoisotopic (exact) mass is 650 g/mol. The highest BCUT2D eigenvalue weighted by Crippen LogP contribution is 2.37. The SMILES string of the molecule is CC(C)c1nc(CN(C)C(=O)NC(C(=O)NC2CCN(C(=O)OCC3=CN=IS3)CC2)C(C)C)cs1. The smallest absolute Gasteiger partial charge is 0.410 e. The van der Waals surface area contributed by atoms with Crippen LogP contribution in [0.5, 0.6) is 0 Å². The molecule has 1 unspecified atom stereocenters. The first-order valence-corrected chi connectivity index (χ1v) is 17.2. The number of urea groups is 1. The Morgan fingerprint density at radius 1 is 1.25 bits per heavy atom. The van der Waals surface area contributed by atoms with Crippen molar-refractivity contribution in [3.63, 3.8) is 0 Å². The highest BCUT2D eigenvalue weighted by Gasteiger charge is 2.30. The van der Waals surface area contributed by atoms with E-state index < -0.39 is 6.04 Å². The Hall–Kier alpha value is -1.74. The minimum atomic E-state index is -0.657. The van der Waals surface area contributed by atoms with Gasteiger partial charge in [0.25, 0.3) is 0 Å². The molecule has 13 heteroatoms. The normalized spacial score (nSPS) is 17.0. The molecule has 0 saturated carbocycles. The van der Waals surface area contributed by atoms with Crippen LogP contribution in [0.4, 0.5) is 9.59 Å². The molecule has 1 aromatic rings. The number of amides is 4. The van der Waals surface area contributed by atoms with Crippen molar-refractivity contribution in [2.24, 2.45) is 9.06 Å². The van der Waals surface area contributed by atoms with Crippen LogP contribution >= 0.6 is 39.9 Å². The Labute approximate surface area is 229 Å². The first kappa shape index (κ1) is 28.8. The van der Waals surface area contributed by atoms with Gasteiger partial charge in [-0.3, -0.25) is 4.79 Å². The third-order valence-corrected chi connectivity index (χ3v) is 10.9. The van der Waals surface area contributed by atoms with Gasteiger partial charge in [-0.25, -0.2) is 17.7 Å². The lowest BCUT2D eigenvalue weighted by atomic mass is 10.0. The van der Waals surface area contributed by atoms with Crippen molar-refractivity contribution in [1.29, 1.82) is 0 Å². The molecule has 3 rings (SSSR count). The predicted octanol–water partition coefficient (Wildman–Crippen LogP) is 4.81. The van der Waals surface area contributed by atoms with E-state index in [4.69, 9.17) is 4.74 Å². The van der Waals surface area contributed by atoms with Gasteiger partial charge in [0, 0.05) is 43.7 Å². The number of hydrogen-bond donors (Lipinski definition) is 2. The van der Waals surface area contributed by atoms with Gasteiger partial charge in [-0.1, -0.05) is 27.7 Å². The van der Waals surface area contributed by atoms with Crippen molar-refractivity contribution in [3.8, 4) is 0 Å². The van der Waals surface area contributed by atoms with Crippen LogP contribution in [0, 0.1) is 5.92 Å². The second kappa shape index (κ2) is 13.7. The number of halogens is 1. The summed E-state index contributed by atoms with van der Waals surface area (Å²) in [7, 11) is 3.38. The summed E-state index contributed by atoms with van der Waals surface area (Å²) in [5.74, 6) is 0.0578. The average molecular weight is 651 g/mol. The summed E-state index contributed by atoms with van der Waals surface area (Å²) in [6, 6.07) is -1.03. The zero-order valence-corrected chi connectivity index (χ0v) is 25.1. The molecule has 4 amide bonds. The Kier molecular flexibility index (Phi) is 11.0. The number of thiazole rings is 1. The Bertz CT molecular complexity index is 991. The molecule has 0 bridgehead atoms. The molecule has 1 saturated heterocycles. The van der Waals surface area contributed by atoms with Crippen molar-refractivity contribution < 1.29 is 19.1 Å². The minimum absolute atomic E-state index is 0.0569. The second-order valence-corrected chi connectivity index (χ2v) is 14.3. The largest absolute Gasteiger partial charge is 0.444 e. The van der Waals surface area contributed by atoms with Gasteiger partial charge in [0.1, 0.15) is 12.6 Å². The molecule has 1 aromatic heterocycles. The number of carbonyl (C=O) groups is 3. The fourth-order valence-corrected chi connectivity index (χ4v) is 7.57. The van der Waals surface area contributed by atoms with Crippen molar-refractivity contribution in [1.82, 2.24) is 25.4 Å². The van der Waals surface area contributed by atoms with Gasteiger partial charge in [0.15, 0.2) is 0 Å². The average Bonchev–Trinajstić information content (AvgIpc) is 3.53. The molecule has 0 radical (unpaired) electrons. The lowest BCUT2D eigenvalue weighted by Gasteiger charge is -2.33. The number of carbonyl (C=O) groups excluding carboxylic acids is 3. The van der Waals surface area contributed by atoms with E-state index in [0.29, 0.717) is 38.4 Å². The maximum atomic E-state index is 13.0. The molecule has 2 aliphatic heterocycles. The fraction of sp³-hybridized carbons (Fsp3) is 0.652. The molecule has 0 aliphatic carbocycles. The molecule has 200 valence electrons. The molecule has 0 aromatic carbocycles. The summed E-state index contributed by atoms with van der Waals surface area (Å²) >= 11 is 1.37. The number of piperidine rings is 1. The maximum absolute atomic E-state index is 13.0. The van der Waals surface area contributed by atoms with Crippen LogP contribution in [0.2, 0.25) is 0 Å². The van der Waals surface area contributed by atoms with Gasteiger partial charge in [-0.2, -0.15) is 0 Å². The molecule has 1 fully saturated rings. The molecule has 1 atom stereocenters. The summed E-state index contributed by atoms with van der Waals surface area (Å²) in [6.45, 7) is 9.68. The number of hydrogen-bond acceptors (Lipinski definition) is 8. The van der Waals surface area contributed by atoms with Crippen molar-refractivity contribution in [3.05, 3.63) is 27.2 Å². The van der Waals surface area contributed by atoms with Crippen LogP contribution in [0.25, 0.3) is 0 Å². The van der Waals surface area contributed by atoms with E-state index in [1.165, 1.54) is 0 Å². The van der Waals surface area contributed by atoms with E-state index in [1.54, 1.807) is 43.3 Å². The highest BCUT2D eigenvalue weighted by atomic mass is 127. The lowest BCUT2D eigenvalue weighted by molar-refractivity contribution is -0.124. The fourth-order valence-electron chi connectivity index (χ4n) is 3.69. The Morgan fingerprint density at radius 2 is 1.97 bits per heavy atom. The molecule has 0 spiro atoms. The molecule has 10 nitrogen and oxygen atoms in total. The summed E-state index contributed by atoms with van der Waals surface area (Å²) in [6.07, 6.45) is 2.73. The van der Waals surface area contributed by atoms with E-state index in [0.717, 1.165) is 15.6 Å². The quantitative estimate of drug-likeness (QED) is 0.371. The van der Waals surface area contributed by atoms with E-state index in [2.05, 4.69) is 32.6 Å². The molecule has 3 heterocycles. The van der Waals surface area contributed by atoms with Gasteiger partial charge in [-0.05, 0) is 27.7 Å². The number of rotatable bonds is 9. The van der Waals surface area contributed by atoms with Gasteiger partial charge < -0.3 is 25.2 Å². The summed E-state index contributed by atoms with van der Waals surface area (Å²) in [5, 5.41) is 8.95. The first-order chi connectivity index (χ1) is 17.1. The van der Waals surface area contributed by atoms with E-state index >= 15 is 0 Å². The second-order valence-electron chi connectivity index (χ2n) is 9.52. The minimum Gasteiger partial charge on any atom is -0.444 e. The molecular weight excluding hydrogens is 615 g/mol. The van der Waals surface area contributed by atoms with Crippen LogP contribution in [0.3, 0.4) is 0 Å². The lowest BCUT2D eigenvalue weighted by Crippen LogP contribution is -2.56. The van der Waals surface area contributed by atoms with Crippen LogP contribution in [-0.2, 0) is 16.1 Å². The number of aromatic nitrogens is 1. The number of nitrogens with zero attached hydrogens (tertiary/aromatic N) is 4. The van der Waals surface area contributed by atoms with E-state index in [1.807, 2.05) is 19.2 Å². The van der Waals surface area contributed by atoms with Gasteiger partial charge in [0.05, 0.1) is 41.8 Å². The number of likely N-dealkylation sites (tertiary alicyclic amines) is 1. The third kappa shape index (κ3) is 8.40. The van der Waals surface area contributed by atoms with Crippen LogP contribution in [-0.4, -0.2) is 71.6 Å². The summed E-state index contributed by atoms with van der Waals surface area (Å²) in [5.41, 5.74) is 0.840. The number of ether oxygens (including phenoxy) is 1. The van der Waals surface area contributed by atoms with Crippen LogP contribution in [0.1, 0.15) is 57.2 Å². The third-order valence-electron chi connectivity index (χ3n) is 5.84. The maximum Gasteiger partial charge on any atom is 0.410 e. The summed E-state index contributed by atoms with van der Waals surface area (Å²) < 4.78 is 9.59. The molecule has 2 N–H and O–H groups in total. The zero-order chi connectivity index (χ0) is 26.2. The Balaban J connectivity index is 1.44. The van der Waals surface area contributed by atoms with E-state index in [-0.39, 0.29) is 56.2 Å². The molecule has 36 heavy (non-hydrogen) atoms. The topological polar surface area (TPSA) is 116 Å². The van der Waals surface area contributed by atoms with Crippen molar-refractivity contribution in [2.45, 2.75) is 65.1 Å².